The van der Waals surface area contributed by atoms with Gasteiger partial charge in [-0.3, -0.25) is 4.55 Å². The fraction of sp³-hybridized carbons (Fsp3) is 0.625. The van der Waals surface area contributed by atoms with Crippen LogP contribution in [0.15, 0.2) is 42.3 Å². The molecular weight excluding hydrogens is 414 g/mol. The lowest BCUT2D eigenvalue weighted by Crippen LogP contribution is -2.50. The lowest BCUT2D eigenvalue weighted by molar-refractivity contribution is -0.605. The van der Waals surface area contributed by atoms with E-state index in [0.29, 0.717) is 30.6 Å². The Morgan fingerprint density at radius 1 is 1.13 bits per heavy atom. The second kappa shape index (κ2) is 7.15. The van der Waals surface area contributed by atoms with E-state index in [1.807, 2.05) is 6.07 Å². The van der Waals surface area contributed by atoms with Crippen LogP contribution in [0.5, 0.6) is 0 Å². The number of hydrogen-bond acceptors (Lipinski definition) is 4. The second-order valence-corrected chi connectivity index (χ2v) is 11.5. The molecule has 4 aliphatic carbocycles. The highest BCUT2D eigenvalue weighted by Crippen LogP contribution is 2.66. The molecule has 1 aromatic heterocycles. The summed E-state index contributed by atoms with van der Waals surface area (Å²) in [4.78, 5) is 0. The van der Waals surface area contributed by atoms with E-state index in [-0.39, 0.29) is 10.8 Å². The minimum Gasteiger partial charge on any atom is -0.619 e. The van der Waals surface area contributed by atoms with Crippen LogP contribution in [0.1, 0.15) is 64.4 Å². The van der Waals surface area contributed by atoms with Gasteiger partial charge < -0.3 is 5.21 Å². The van der Waals surface area contributed by atoms with E-state index < -0.39 is 16.5 Å². The first-order valence-electron chi connectivity index (χ1n) is 11.4. The third kappa shape index (κ3) is 3.45. The molecule has 1 unspecified atom stereocenters. The minimum atomic E-state index is -4.42. The fourth-order valence-corrected chi connectivity index (χ4v) is 8.02. The van der Waals surface area contributed by atoms with Crippen LogP contribution in [0.4, 0.5) is 0 Å². The van der Waals surface area contributed by atoms with Gasteiger partial charge >= 0.3 is 10.4 Å². The zero-order chi connectivity index (χ0) is 22.0. The minimum absolute atomic E-state index is 0.0663. The topological polar surface area (TPSA) is 90.5 Å². The van der Waals surface area contributed by atoms with Crippen molar-refractivity contribution < 1.29 is 21.9 Å². The molecule has 0 bridgehead atoms. The van der Waals surface area contributed by atoms with Gasteiger partial charge in [0.2, 0.25) is 0 Å². The molecule has 6 nitrogen and oxygen atoms in total. The Kier molecular flexibility index (Phi) is 4.88. The van der Waals surface area contributed by atoms with E-state index in [4.69, 9.17) is 8.74 Å². The zero-order valence-electron chi connectivity index (χ0n) is 18.2. The molecule has 5 rings (SSSR count). The van der Waals surface area contributed by atoms with Gasteiger partial charge in [-0.2, -0.15) is 13.1 Å². The fourth-order valence-electron chi connectivity index (χ4n) is 7.51. The maximum atomic E-state index is 11.9. The van der Waals surface area contributed by atoms with Crippen LogP contribution >= 0.6 is 0 Å². The van der Waals surface area contributed by atoms with E-state index in [2.05, 4.69) is 32.1 Å². The van der Waals surface area contributed by atoms with Gasteiger partial charge in [-0.1, -0.05) is 31.6 Å². The highest BCUT2D eigenvalue weighted by molar-refractivity contribution is 7.80. The molecule has 6 atom stereocenters. The number of aromatic nitrogens is 1. The van der Waals surface area contributed by atoms with Crippen LogP contribution in [0.2, 0.25) is 0 Å². The molecule has 168 valence electrons. The molecule has 31 heavy (non-hydrogen) atoms. The number of hydrogen-bond donors (Lipinski definition) is 1. The average Bonchev–Trinajstić information content (AvgIpc) is 3.04. The second-order valence-electron chi connectivity index (χ2n) is 10.4. The maximum Gasteiger partial charge on any atom is 0.397 e. The number of rotatable bonds is 3. The molecule has 0 radical (unpaired) electrons. The summed E-state index contributed by atoms with van der Waals surface area (Å²) >= 11 is 0. The number of fused-ring (bicyclic) bond motifs is 5. The summed E-state index contributed by atoms with van der Waals surface area (Å²) in [6, 6.07) is 3.88. The molecule has 0 aliphatic heterocycles. The van der Waals surface area contributed by atoms with E-state index in [1.165, 1.54) is 17.3 Å². The highest BCUT2D eigenvalue weighted by atomic mass is 32.3. The molecule has 0 amide bonds. The van der Waals surface area contributed by atoms with Gasteiger partial charge in [0.1, 0.15) is 0 Å². The molecule has 4 aliphatic rings. The number of allylic oxidation sites excluding steroid dienone is 3. The van der Waals surface area contributed by atoms with Crippen LogP contribution in [0.3, 0.4) is 0 Å². The van der Waals surface area contributed by atoms with Gasteiger partial charge in [0.25, 0.3) is 0 Å². The van der Waals surface area contributed by atoms with Gasteiger partial charge in [-0.05, 0) is 85.2 Å². The molecule has 1 heterocycles. The smallest absolute Gasteiger partial charge is 0.397 e. The van der Waals surface area contributed by atoms with E-state index >= 15 is 0 Å². The summed E-state index contributed by atoms with van der Waals surface area (Å²) < 4.78 is 37.3. The van der Waals surface area contributed by atoms with Crippen molar-refractivity contribution in [3.8, 4) is 0 Å². The van der Waals surface area contributed by atoms with Crippen molar-refractivity contribution in [2.45, 2.75) is 64.9 Å². The average molecular weight is 446 g/mol. The van der Waals surface area contributed by atoms with Crippen LogP contribution in [-0.4, -0.2) is 19.1 Å². The van der Waals surface area contributed by atoms with Crippen LogP contribution < -0.4 is 4.73 Å². The summed E-state index contributed by atoms with van der Waals surface area (Å²) in [5.41, 5.74) is 3.83. The Hall–Kier alpha value is -1.70. The summed E-state index contributed by atoms with van der Waals surface area (Å²) in [6.07, 6.45) is 13.9. The Bertz CT molecular complexity index is 1060. The van der Waals surface area contributed by atoms with Crippen molar-refractivity contribution in [3.63, 3.8) is 0 Å². The van der Waals surface area contributed by atoms with Gasteiger partial charge in [0.05, 0.1) is 6.10 Å². The Balaban J connectivity index is 1.40. The van der Waals surface area contributed by atoms with Crippen molar-refractivity contribution in [1.29, 1.82) is 0 Å². The van der Waals surface area contributed by atoms with Crippen LogP contribution in [0, 0.1) is 33.8 Å². The molecule has 1 N–H and O–H groups in total. The molecule has 2 saturated carbocycles. The molecule has 2 fully saturated rings. The predicted molar refractivity (Wildman–Crippen MR) is 117 cm³/mol. The molecule has 0 aromatic carbocycles. The van der Waals surface area contributed by atoms with Crippen LogP contribution in [0.25, 0.3) is 5.57 Å². The first-order chi connectivity index (χ1) is 14.6. The van der Waals surface area contributed by atoms with Gasteiger partial charge in [0.15, 0.2) is 12.4 Å². The van der Waals surface area contributed by atoms with Crippen LogP contribution in [-0.2, 0) is 14.6 Å². The Morgan fingerprint density at radius 3 is 2.65 bits per heavy atom. The van der Waals surface area contributed by atoms with E-state index in [0.717, 1.165) is 42.4 Å². The quantitative estimate of drug-likeness (QED) is 0.321. The predicted octanol–water partition coefficient (Wildman–Crippen LogP) is 4.46. The third-order valence-corrected chi connectivity index (χ3v) is 9.50. The largest absolute Gasteiger partial charge is 0.619 e. The Morgan fingerprint density at radius 2 is 1.90 bits per heavy atom. The SMILES string of the molecule is C[C@]12CCC(OS(=O)(=O)O)CC1=CC[C@@H]1[C@@H]2CC[C@]2(C)C(c3ccc[n+]([O-])c3)=CC[C@@H]12. The molecule has 0 saturated heterocycles. The Labute approximate surface area is 184 Å². The number of pyridine rings is 1. The molecule has 1 aromatic rings. The summed E-state index contributed by atoms with van der Waals surface area (Å²) in [5, 5.41) is 11.9. The van der Waals surface area contributed by atoms with Gasteiger partial charge in [0, 0.05) is 11.6 Å². The first-order valence-corrected chi connectivity index (χ1v) is 12.7. The van der Waals surface area contributed by atoms with E-state index in [1.54, 1.807) is 6.20 Å². The first kappa shape index (κ1) is 21.2. The standard InChI is InChI=1S/C24H31NO5S/c1-23-11-9-18(30-31(27,28)29)14-17(23)5-6-19-21-8-7-20(16-4-3-13-25(26)15-16)24(21,2)12-10-22(19)23/h3-5,7,13,15,18-19,21-22H,6,8-12,14H2,1-2H3,(H,27,28,29)/t18?,19-,21-,22-,23-,24+/m0/s1. The molecular formula is C24H31NO5S. The van der Waals surface area contributed by atoms with Crippen molar-refractivity contribution in [3.05, 3.63) is 53.0 Å². The summed E-state index contributed by atoms with van der Waals surface area (Å²) in [7, 11) is -4.42. The van der Waals surface area contributed by atoms with E-state index in [9.17, 15) is 13.6 Å². The lowest BCUT2D eigenvalue weighted by atomic mass is 9.47. The third-order valence-electron chi connectivity index (χ3n) is 8.98. The summed E-state index contributed by atoms with van der Waals surface area (Å²) in [5.74, 6) is 1.72. The lowest BCUT2D eigenvalue weighted by Gasteiger charge is -2.57. The van der Waals surface area contributed by atoms with Gasteiger partial charge in [-0.25, -0.2) is 4.18 Å². The van der Waals surface area contributed by atoms with Crippen molar-refractivity contribution in [2.24, 2.45) is 28.6 Å². The zero-order valence-corrected chi connectivity index (χ0v) is 19.0. The monoisotopic (exact) mass is 445 g/mol. The normalized spacial score (nSPS) is 39.7. The van der Waals surface area contributed by atoms with Crippen molar-refractivity contribution in [2.75, 3.05) is 0 Å². The van der Waals surface area contributed by atoms with Crippen molar-refractivity contribution in [1.82, 2.24) is 0 Å². The number of nitrogens with zero attached hydrogens (tertiary/aromatic N) is 1. The summed E-state index contributed by atoms with van der Waals surface area (Å²) in [6.45, 7) is 4.73. The molecule has 0 spiro atoms. The van der Waals surface area contributed by atoms with Gasteiger partial charge in [-0.15, -0.1) is 0 Å². The molecule has 7 heteroatoms. The maximum absolute atomic E-state index is 11.9. The van der Waals surface area contributed by atoms with Crippen molar-refractivity contribution >= 4 is 16.0 Å². The highest BCUT2D eigenvalue weighted by Gasteiger charge is 2.57.